The van der Waals surface area contributed by atoms with E-state index in [1.807, 2.05) is 30.3 Å². The SMILES string of the molecule is CC(C)(C)OC(=O)NCC(=O)N[C@@H](Cc1ccccc1)C(=O)NCC(=O)[C@@]1(C)CO1. The van der Waals surface area contributed by atoms with Crippen molar-refractivity contribution in [2.75, 3.05) is 19.7 Å². The molecule has 1 heterocycles. The second-order valence-corrected chi connectivity index (χ2v) is 8.33. The molecule has 3 amide bonds. The molecule has 0 bridgehead atoms. The molecule has 3 N–H and O–H groups in total. The minimum absolute atomic E-state index is 0.188. The minimum Gasteiger partial charge on any atom is -0.444 e. The molecular formula is C21H29N3O6. The molecule has 0 aliphatic carbocycles. The third-order valence-electron chi connectivity index (χ3n) is 4.32. The topological polar surface area (TPSA) is 126 Å². The number of rotatable bonds is 9. The number of carbonyl (C=O) groups excluding carboxylic acids is 4. The molecule has 9 nitrogen and oxygen atoms in total. The van der Waals surface area contributed by atoms with Crippen LogP contribution >= 0.6 is 0 Å². The summed E-state index contributed by atoms with van der Waals surface area (Å²) in [6.45, 7) is 6.59. The summed E-state index contributed by atoms with van der Waals surface area (Å²) in [6.07, 6.45) is -0.503. The van der Waals surface area contributed by atoms with Gasteiger partial charge < -0.3 is 25.4 Å². The standard InChI is InChI=1S/C21H29N3O6/c1-20(2,3)30-19(28)23-12-17(26)24-15(10-14-8-6-5-7-9-14)18(27)22-11-16(25)21(4)13-29-21/h5-9,15H,10-13H2,1-4H3,(H,22,27)(H,23,28)(H,24,26)/t15-,21+/m0/s1. The van der Waals surface area contributed by atoms with Crippen molar-refractivity contribution in [3.05, 3.63) is 35.9 Å². The Balaban J connectivity index is 1.93. The number of ether oxygens (including phenoxy) is 2. The maximum absolute atomic E-state index is 12.6. The summed E-state index contributed by atoms with van der Waals surface area (Å²) >= 11 is 0. The maximum atomic E-state index is 12.6. The molecule has 2 atom stereocenters. The lowest BCUT2D eigenvalue weighted by Gasteiger charge is -2.21. The average Bonchev–Trinajstić information content (AvgIpc) is 3.42. The molecule has 2 rings (SSSR count). The molecule has 1 aromatic rings. The summed E-state index contributed by atoms with van der Waals surface area (Å²) in [5, 5.41) is 7.50. The van der Waals surface area contributed by atoms with E-state index in [0.717, 1.165) is 5.56 Å². The Morgan fingerprint density at radius 3 is 2.30 bits per heavy atom. The van der Waals surface area contributed by atoms with Crippen LogP contribution in [0.2, 0.25) is 0 Å². The molecular weight excluding hydrogens is 390 g/mol. The first-order valence-electron chi connectivity index (χ1n) is 9.74. The Labute approximate surface area is 175 Å². The first-order chi connectivity index (χ1) is 14.0. The van der Waals surface area contributed by atoms with E-state index in [2.05, 4.69) is 16.0 Å². The second kappa shape index (κ2) is 9.71. The average molecular weight is 419 g/mol. The molecule has 164 valence electrons. The van der Waals surface area contributed by atoms with Crippen LogP contribution in [0.15, 0.2) is 30.3 Å². The molecule has 1 saturated heterocycles. The van der Waals surface area contributed by atoms with E-state index in [1.165, 1.54) is 0 Å². The molecule has 1 aromatic carbocycles. The van der Waals surface area contributed by atoms with Gasteiger partial charge in [-0.15, -0.1) is 0 Å². The number of hydrogen-bond acceptors (Lipinski definition) is 6. The van der Waals surface area contributed by atoms with Crippen LogP contribution in [0.4, 0.5) is 4.79 Å². The summed E-state index contributed by atoms with van der Waals surface area (Å²) < 4.78 is 10.2. The molecule has 0 unspecified atom stereocenters. The lowest BCUT2D eigenvalue weighted by Crippen LogP contribution is -2.52. The van der Waals surface area contributed by atoms with E-state index in [1.54, 1.807) is 27.7 Å². The van der Waals surface area contributed by atoms with Crippen molar-refractivity contribution >= 4 is 23.7 Å². The highest BCUT2D eigenvalue weighted by molar-refractivity contribution is 5.95. The van der Waals surface area contributed by atoms with Gasteiger partial charge in [0.15, 0.2) is 5.78 Å². The quantitative estimate of drug-likeness (QED) is 0.506. The smallest absolute Gasteiger partial charge is 0.408 e. The molecule has 30 heavy (non-hydrogen) atoms. The number of nitrogens with one attached hydrogen (secondary N) is 3. The van der Waals surface area contributed by atoms with Crippen LogP contribution in [0.3, 0.4) is 0 Å². The van der Waals surface area contributed by atoms with Crippen molar-refractivity contribution in [2.24, 2.45) is 0 Å². The zero-order chi connectivity index (χ0) is 22.4. The highest BCUT2D eigenvalue weighted by atomic mass is 16.6. The summed E-state index contributed by atoms with van der Waals surface area (Å²) in [6, 6.07) is 8.24. The van der Waals surface area contributed by atoms with Crippen LogP contribution < -0.4 is 16.0 Å². The molecule has 1 aliphatic heterocycles. The molecule has 0 spiro atoms. The number of amides is 3. The maximum Gasteiger partial charge on any atom is 0.408 e. The van der Waals surface area contributed by atoms with Gasteiger partial charge in [0.05, 0.1) is 13.2 Å². The third-order valence-corrected chi connectivity index (χ3v) is 4.32. The fourth-order valence-electron chi connectivity index (χ4n) is 2.52. The van der Waals surface area contributed by atoms with Gasteiger partial charge in [-0.05, 0) is 33.3 Å². The minimum atomic E-state index is -0.916. The van der Waals surface area contributed by atoms with Gasteiger partial charge in [0, 0.05) is 6.42 Å². The summed E-state index contributed by atoms with van der Waals surface area (Å²) in [5.74, 6) is -1.28. The Kier molecular flexibility index (Phi) is 7.55. The van der Waals surface area contributed by atoms with Gasteiger partial charge in [-0.3, -0.25) is 14.4 Å². The molecule has 0 radical (unpaired) electrons. The fraction of sp³-hybridized carbons (Fsp3) is 0.524. The number of epoxide rings is 1. The lowest BCUT2D eigenvalue weighted by molar-refractivity contribution is -0.130. The van der Waals surface area contributed by atoms with Gasteiger partial charge in [-0.25, -0.2) is 4.79 Å². The molecule has 0 saturated carbocycles. The predicted octanol–water partition coefficient (Wildman–Crippen LogP) is 0.713. The van der Waals surface area contributed by atoms with Crippen LogP contribution in [0.5, 0.6) is 0 Å². The van der Waals surface area contributed by atoms with Crippen molar-refractivity contribution in [3.63, 3.8) is 0 Å². The van der Waals surface area contributed by atoms with Crippen LogP contribution in [-0.4, -0.2) is 60.6 Å². The van der Waals surface area contributed by atoms with Crippen LogP contribution in [-0.2, 0) is 30.3 Å². The first kappa shape index (κ1) is 23.3. The Hall–Kier alpha value is -2.94. The van der Waals surface area contributed by atoms with Crippen LogP contribution in [0, 0.1) is 0 Å². The molecule has 1 aliphatic rings. The predicted molar refractivity (Wildman–Crippen MR) is 109 cm³/mol. The van der Waals surface area contributed by atoms with E-state index < -0.39 is 35.2 Å². The van der Waals surface area contributed by atoms with Crippen LogP contribution in [0.25, 0.3) is 0 Å². The van der Waals surface area contributed by atoms with Gasteiger partial charge in [-0.2, -0.15) is 0 Å². The Morgan fingerprint density at radius 1 is 1.10 bits per heavy atom. The molecule has 9 heteroatoms. The van der Waals surface area contributed by atoms with Crippen molar-refractivity contribution in [1.29, 1.82) is 0 Å². The lowest BCUT2D eigenvalue weighted by atomic mass is 10.0. The number of carbonyl (C=O) groups is 4. The zero-order valence-electron chi connectivity index (χ0n) is 17.7. The Bertz CT molecular complexity index is 784. The van der Waals surface area contributed by atoms with E-state index in [0.29, 0.717) is 6.61 Å². The van der Waals surface area contributed by atoms with Gasteiger partial charge in [-0.1, -0.05) is 30.3 Å². The highest BCUT2D eigenvalue weighted by Crippen LogP contribution is 2.26. The number of ketones is 1. The molecule has 0 aromatic heterocycles. The van der Waals surface area contributed by atoms with Crippen molar-refractivity contribution < 1.29 is 28.7 Å². The first-order valence-corrected chi connectivity index (χ1v) is 9.74. The second-order valence-electron chi connectivity index (χ2n) is 8.33. The zero-order valence-corrected chi connectivity index (χ0v) is 17.7. The summed E-state index contributed by atoms with van der Waals surface area (Å²) in [4.78, 5) is 48.7. The van der Waals surface area contributed by atoms with Gasteiger partial charge in [0.25, 0.3) is 0 Å². The van der Waals surface area contributed by atoms with E-state index in [9.17, 15) is 19.2 Å². The monoisotopic (exact) mass is 419 g/mol. The van der Waals surface area contributed by atoms with E-state index >= 15 is 0 Å². The number of hydrogen-bond donors (Lipinski definition) is 3. The van der Waals surface area contributed by atoms with Crippen molar-refractivity contribution in [3.8, 4) is 0 Å². The molecule has 1 fully saturated rings. The van der Waals surface area contributed by atoms with Gasteiger partial charge in [0.1, 0.15) is 23.8 Å². The Morgan fingerprint density at radius 2 is 1.73 bits per heavy atom. The van der Waals surface area contributed by atoms with E-state index in [-0.39, 0.29) is 25.3 Å². The number of alkyl carbamates (subject to hydrolysis) is 1. The summed E-state index contributed by atoms with van der Waals surface area (Å²) in [5.41, 5.74) is -0.685. The largest absolute Gasteiger partial charge is 0.444 e. The normalized spacial score (nSPS) is 18.7. The van der Waals surface area contributed by atoms with Crippen molar-refractivity contribution in [2.45, 2.75) is 51.4 Å². The van der Waals surface area contributed by atoms with Gasteiger partial charge >= 0.3 is 6.09 Å². The number of benzene rings is 1. The van der Waals surface area contributed by atoms with Crippen molar-refractivity contribution in [1.82, 2.24) is 16.0 Å². The highest BCUT2D eigenvalue weighted by Gasteiger charge is 2.46. The number of Topliss-reactive ketones (excluding diaryl/α,β-unsaturated/α-hetero) is 1. The fourth-order valence-corrected chi connectivity index (χ4v) is 2.52. The van der Waals surface area contributed by atoms with Gasteiger partial charge in [0.2, 0.25) is 11.8 Å². The van der Waals surface area contributed by atoms with Crippen LogP contribution in [0.1, 0.15) is 33.3 Å². The van der Waals surface area contributed by atoms with E-state index in [4.69, 9.17) is 9.47 Å². The third kappa shape index (κ3) is 7.82. The summed E-state index contributed by atoms with van der Waals surface area (Å²) in [7, 11) is 0.